The molecule has 130 valence electrons. The first-order valence-electron chi connectivity index (χ1n) is 9.11. The maximum absolute atomic E-state index is 13.0. The number of likely N-dealkylation sites (tertiary alicyclic amines) is 1. The van der Waals surface area contributed by atoms with Crippen LogP contribution in [0.4, 0.5) is 4.39 Å². The number of benzene rings is 1. The van der Waals surface area contributed by atoms with Crippen LogP contribution in [0.25, 0.3) is 0 Å². The fourth-order valence-electron chi connectivity index (χ4n) is 3.91. The number of carbonyl (C=O) groups excluding carboxylic acids is 1. The van der Waals surface area contributed by atoms with E-state index in [2.05, 4.69) is 10.2 Å². The van der Waals surface area contributed by atoms with Gasteiger partial charge in [0.2, 0.25) is 5.91 Å². The zero-order valence-corrected chi connectivity index (χ0v) is 13.9. The van der Waals surface area contributed by atoms with Gasteiger partial charge in [0.05, 0.1) is 6.10 Å². The van der Waals surface area contributed by atoms with E-state index in [0.29, 0.717) is 12.0 Å². The van der Waals surface area contributed by atoms with Crippen LogP contribution in [0.5, 0.6) is 0 Å². The van der Waals surface area contributed by atoms with E-state index in [1.54, 1.807) is 0 Å². The van der Waals surface area contributed by atoms with Crippen molar-refractivity contribution in [2.75, 3.05) is 13.1 Å². The van der Waals surface area contributed by atoms with Crippen LogP contribution in [0.1, 0.15) is 37.7 Å². The fourth-order valence-corrected chi connectivity index (χ4v) is 3.91. The van der Waals surface area contributed by atoms with Crippen molar-refractivity contribution in [3.8, 4) is 0 Å². The van der Waals surface area contributed by atoms with Crippen LogP contribution >= 0.6 is 0 Å². The molecule has 4 rings (SSSR count). The average Bonchev–Trinajstić information content (AvgIpc) is 3.35. The normalized spacial score (nSPS) is 30.1. The van der Waals surface area contributed by atoms with Crippen molar-refractivity contribution < 1.29 is 13.9 Å². The molecule has 1 aromatic rings. The van der Waals surface area contributed by atoms with Gasteiger partial charge in [-0.15, -0.1) is 0 Å². The molecule has 1 aromatic carbocycles. The quantitative estimate of drug-likeness (QED) is 0.901. The number of nitrogens with one attached hydrogen (secondary N) is 1. The van der Waals surface area contributed by atoms with Gasteiger partial charge >= 0.3 is 0 Å². The molecule has 0 bridgehead atoms. The third kappa shape index (κ3) is 3.62. The third-order valence-corrected chi connectivity index (χ3v) is 5.52. The maximum Gasteiger partial charge on any atom is 0.249 e. The number of hydrogen-bond donors (Lipinski definition) is 1. The SMILES string of the molecule is O=C(NCC1CC1)[C@H]1CC[C@H]2[C@H](CCN2Cc2ccc(F)cc2)O1. The highest BCUT2D eigenvalue weighted by Crippen LogP contribution is 2.33. The summed E-state index contributed by atoms with van der Waals surface area (Å²) in [5.41, 5.74) is 1.13. The molecule has 4 nitrogen and oxygen atoms in total. The summed E-state index contributed by atoms with van der Waals surface area (Å²) in [6.45, 7) is 2.61. The lowest BCUT2D eigenvalue weighted by Gasteiger charge is -2.35. The standard InChI is InChI=1S/C19H25FN2O2/c20-15-5-3-14(4-6-15)12-22-10-9-17-16(22)7-8-18(24-17)19(23)21-11-13-1-2-13/h3-6,13,16-18H,1-2,7-12H2,(H,21,23)/t16-,17-,18+/m0/s1. The van der Waals surface area contributed by atoms with Crippen LogP contribution in [0, 0.1) is 11.7 Å². The molecule has 5 heteroatoms. The Hall–Kier alpha value is -1.46. The number of amides is 1. The molecule has 1 aliphatic carbocycles. The number of nitrogens with zero attached hydrogens (tertiary/aromatic N) is 1. The summed E-state index contributed by atoms with van der Waals surface area (Å²) >= 11 is 0. The summed E-state index contributed by atoms with van der Waals surface area (Å²) in [7, 11) is 0. The van der Waals surface area contributed by atoms with E-state index in [1.165, 1.54) is 25.0 Å². The first-order valence-corrected chi connectivity index (χ1v) is 9.11. The molecule has 3 aliphatic rings. The van der Waals surface area contributed by atoms with E-state index in [9.17, 15) is 9.18 Å². The lowest BCUT2D eigenvalue weighted by Crippen LogP contribution is -2.47. The summed E-state index contributed by atoms with van der Waals surface area (Å²) < 4.78 is 19.1. The predicted molar refractivity (Wildman–Crippen MR) is 88.8 cm³/mol. The largest absolute Gasteiger partial charge is 0.363 e. The van der Waals surface area contributed by atoms with Crippen molar-refractivity contribution in [1.82, 2.24) is 10.2 Å². The van der Waals surface area contributed by atoms with Crippen molar-refractivity contribution in [2.24, 2.45) is 5.92 Å². The highest BCUT2D eigenvalue weighted by atomic mass is 19.1. The van der Waals surface area contributed by atoms with E-state index in [-0.39, 0.29) is 23.9 Å². The number of hydrogen-bond acceptors (Lipinski definition) is 3. The Balaban J connectivity index is 1.30. The lowest BCUT2D eigenvalue weighted by atomic mass is 9.98. The summed E-state index contributed by atoms with van der Waals surface area (Å²) in [6, 6.07) is 7.10. The molecule has 0 aromatic heterocycles. The Labute approximate surface area is 142 Å². The summed E-state index contributed by atoms with van der Waals surface area (Å²) in [4.78, 5) is 14.7. The topological polar surface area (TPSA) is 41.6 Å². The molecular formula is C19H25FN2O2. The molecule has 1 saturated carbocycles. The maximum atomic E-state index is 13.0. The number of ether oxygens (including phenoxy) is 1. The van der Waals surface area contributed by atoms with Gasteiger partial charge in [0.15, 0.2) is 0 Å². The van der Waals surface area contributed by atoms with Gasteiger partial charge in [0.1, 0.15) is 11.9 Å². The Kier molecular flexibility index (Phi) is 4.55. The van der Waals surface area contributed by atoms with E-state index >= 15 is 0 Å². The molecule has 2 saturated heterocycles. The minimum Gasteiger partial charge on any atom is -0.363 e. The van der Waals surface area contributed by atoms with E-state index in [0.717, 1.165) is 44.5 Å². The molecule has 3 atom stereocenters. The zero-order valence-electron chi connectivity index (χ0n) is 13.9. The van der Waals surface area contributed by atoms with Crippen LogP contribution in [0.3, 0.4) is 0 Å². The Morgan fingerprint density at radius 1 is 1.17 bits per heavy atom. The highest BCUT2D eigenvalue weighted by molar-refractivity contribution is 5.80. The van der Waals surface area contributed by atoms with Gasteiger partial charge < -0.3 is 10.1 Å². The number of fused-ring (bicyclic) bond motifs is 1. The molecule has 24 heavy (non-hydrogen) atoms. The fraction of sp³-hybridized carbons (Fsp3) is 0.632. The zero-order chi connectivity index (χ0) is 16.5. The van der Waals surface area contributed by atoms with Crippen molar-refractivity contribution >= 4 is 5.91 Å². The van der Waals surface area contributed by atoms with Crippen molar-refractivity contribution in [3.05, 3.63) is 35.6 Å². The summed E-state index contributed by atoms with van der Waals surface area (Å²) in [5.74, 6) is 0.569. The first kappa shape index (κ1) is 16.0. The van der Waals surface area contributed by atoms with E-state index in [4.69, 9.17) is 4.74 Å². The second kappa shape index (κ2) is 6.81. The van der Waals surface area contributed by atoms with Gasteiger partial charge in [-0.3, -0.25) is 9.69 Å². The minimum absolute atomic E-state index is 0.0670. The van der Waals surface area contributed by atoms with Gasteiger partial charge in [0, 0.05) is 25.7 Å². The second-order valence-corrected chi connectivity index (χ2v) is 7.38. The molecular weight excluding hydrogens is 307 g/mol. The Morgan fingerprint density at radius 2 is 1.96 bits per heavy atom. The van der Waals surface area contributed by atoms with Crippen LogP contribution in [-0.2, 0) is 16.1 Å². The lowest BCUT2D eigenvalue weighted by molar-refractivity contribution is -0.144. The third-order valence-electron chi connectivity index (χ3n) is 5.52. The summed E-state index contributed by atoms with van der Waals surface area (Å²) in [6.07, 6.45) is 5.11. The molecule has 3 fully saturated rings. The Morgan fingerprint density at radius 3 is 2.71 bits per heavy atom. The van der Waals surface area contributed by atoms with E-state index in [1.807, 2.05) is 12.1 Å². The molecule has 0 spiro atoms. The van der Waals surface area contributed by atoms with Crippen LogP contribution in [0.15, 0.2) is 24.3 Å². The minimum atomic E-state index is -0.282. The van der Waals surface area contributed by atoms with E-state index < -0.39 is 0 Å². The number of carbonyl (C=O) groups is 1. The van der Waals surface area contributed by atoms with Crippen LogP contribution in [-0.4, -0.2) is 42.1 Å². The summed E-state index contributed by atoms with van der Waals surface area (Å²) in [5, 5.41) is 3.04. The number of rotatable bonds is 5. The van der Waals surface area contributed by atoms with Crippen molar-refractivity contribution in [3.63, 3.8) is 0 Å². The average molecular weight is 332 g/mol. The second-order valence-electron chi connectivity index (χ2n) is 7.38. The van der Waals surface area contributed by atoms with Gasteiger partial charge in [0.25, 0.3) is 0 Å². The highest BCUT2D eigenvalue weighted by Gasteiger charge is 2.41. The van der Waals surface area contributed by atoms with Gasteiger partial charge in [-0.05, 0) is 55.7 Å². The van der Waals surface area contributed by atoms with Gasteiger partial charge in [-0.1, -0.05) is 12.1 Å². The molecule has 1 N–H and O–H groups in total. The molecule has 0 radical (unpaired) electrons. The van der Waals surface area contributed by atoms with Crippen LogP contribution in [0.2, 0.25) is 0 Å². The number of halogens is 1. The van der Waals surface area contributed by atoms with Gasteiger partial charge in [-0.2, -0.15) is 0 Å². The molecule has 2 heterocycles. The molecule has 2 aliphatic heterocycles. The Bertz CT molecular complexity index is 588. The van der Waals surface area contributed by atoms with Crippen molar-refractivity contribution in [2.45, 2.75) is 56.9 Å². The first-order chi connectivity index (χ1) is 11.7. The smallest absolute Gasteiger partial charge is 0.249 e. The molecule has 0 unspecified atom stereocenters. The monoisotopic (exact) mass is 332 g/mol. The molecule has 1 amide bonds. The van der Waals surface area contributed by atoms with Crippen LogP contribution < -0.4 is 5.32 Å². The van der Waals surface area contributed by atoms with Gasteiger partial charge in [-0.25, -0.2) is 4.39 Å². The van der Waals surface area contributed by atoms with Crippen molar-refractivity contribution in [1.29, 1.82) is 0 Å². The predicted octanol–water partition coefficient (Wildman–Crippen LogP) is 2.47.